The second-order valence-corrected chi connectivity index (χ2v) is 4.79. The van der Waals surface area contributed by atoms with Crippen LogP contribution in [0.5, 0.6) is 0 Å². The standard InChI is InChI=1S/C16H15NO2/c18-15-13-9-5-4-8-12(13)10-14(15)17-16(19)11-6-2-1-3-7-11/h1-9,14-15,18H,10H2,(H,17,19)/t14-,15-/m0/s1. The van der Waals surface area contributed by atoms with Crippen LogP contribution in [0.2, 0.25) is 0 Å². The Kier molecular flexibility index (Phi) is 3.05. The van der Waals surface area contributed by atoms with Gasteiger partial charge >= 0.3 is 0 Å². The number of benzene rings is 2. The molecule has 3 nitrogen and oxygen atoms in total. The zero-order valence-corrected chi connectivity index (χ0v) is 10.4. The van der Waals surface area contributed by atoms with Gasteiger partial charge in [0.1, 0.15) is 0 Å². The molecule has 1 aliphatic carbocycles. The summed E-state index contributed by atoms with van der Waals surface area (Å²) in [6.45, 7) is 0. The van der Waals surface area contributed by atoms with E-state index in [0.717, 1.165) is 11.1 Å². The molecule has 2 aromatic rings. The minimum atomic E-state index is -0.621. The number of fused-ring (bicyclic) bond motifs is 1. The van der Waals surface area contributed by atoms with Gasteiger partial charge in [0.15, 0.2) is 0 Å². The van der Waals surface area contributed by atoms with Crippen LogP contribution in [0.3, 0.4) is 0 Å². The molecule has 0 unspecified atom stereocenters. The van der Waals surface area contributed by atoms with Crippen LogP contribution >= 0.6 is 0 Å². The molecule has 1 amide bonds. The van der Waals surface area contributed by atoms with E-state index in [1.165, 1.54) is 0 Å². The molecule has 3 rings (SSSR count). The summed E-state index contributed by atoms with van der Waals surface area (Å²) in [6.07, 6.45) is 0.0551. The van der Waals surface area contributed by atoms with E-state index in [1.54, 1.807) is 12.1 Å². The molecule has 0 spiro atoms. The number of aliphatic hydroxyl groups excluding tert-OH is 1. The Labute approximate surface area is 111 Å². The lowest BCUT2D eigenvalue weighted by atomic mass is 10.1. The first-order chi connectivity index (χ1) is 9.25. The normalized spacial score (nSPS) is 20.9. The van der Waals surface area contributed by atoms with Crippen LogP contribution in [0.1, 0.15) is 27.6 Å². The molecule has 2 atom stereocenters. The molecule has 2 aromatic carbocycles. The lowest BCUT2D eigenvalue weighted by molar-refractivity contribution is 0.0858. The van der Waals surface area contributed by atoms with Crippen LogP contribution in [0, 0.1) is 0 Å². The van der Waals surface area contributed by atoms with Gasteiger partial charge in [0.25, 0.3) is 5.91 Å². The average molecular weight is 253 g/mol. The van der Waals surface area contributed by atoms with Crippen molar-refractivity contribution in [3.63, 3.8) is 0 Å². The van der Waals surface area contributed by atoms with Gasteiger partial charge in [-0.15, -0.1) is 0 Å². The third kappa shape index (κ3) is 2.25. The van der Waals surface area contributed by atoms with Crippen molar-refractivity contribution in [2.45, 2.75) is 18.6 Å². The minimum absolute atomic E-state index is 0.141. The van der Waals surface area contributed by atoms with Crippen molar-refractivity contribution in [2.75, 3.05) is 0 Å². The van der Waals surface area contributed by atoms with Crippen LogP contribution in [-0.4, -0.2) is 17.1 Å². The van der Waals surface area contributed by atoms with Crippen LogP contribution in [-0.2, 0) is 6.42 Å². The Morgan fingerprint density at radius 1 is 1.05 bits per heavy atom. The number of nitrogens with one attached hydrogen (secondary N) is 1. The maximum absolute atomic E-state index is 12.1. The maximum atomic E-state index is 12.1. The lowest BCUT2D eigenvalue weighted by Crippen LogP contribution is -2.37. The summed E-state index contributed by atoms with van der Waals surface area (Å²) >= 11 is 0. The molecule has 1 aliphatic rings. The van der Waals surface area contributed by atoms with Gasteiger partial charge in [-0.3, -0.25) is 4.79 Å². The van der Waals surface area contributed by atoms with Crippen molar-refractivity contribution in [3.05, 3.63) is 71.3 Å². The van der Waals surface area contributed by atoms with Crippen LogP contribution < -0.4 is 5.32 Å². The van der Waals surface area contributed by atoms with Gasteiger partial charge in [-0.25, -0.2) is 0 Å². The first kappa shape index (κ1) is 11.9. The van der Waals surface area contributed by atoms with E-state index in [4.69, 9.17) is 0 Å². The van der Waals surface area contributed by atoms with Crippen LogP contribution in [0.25, 0.3) is 0 Å². The average Bonchev–Trinajstić information content (AvgIpc) is 2.77. The Hall–Kier alpha value is -2.13. The molecular weight excluding hydrogens is 238 g/mol. The van der Waals surface area contributed by atoms with E-state index < -0.39 is 6.10 Å². The van der Waals surface area contributed by atoms with Gasteiger partial charge in [0.2, 0.25) is 0 Å². The van der Waals surface area contributed by atoms with Crippen LogP contribution in [0.4, 0.5) is 0 Å². The third-order valence-electron chi connectivity index (χ3n) is 3.55. The van der Waals surface area contributed by atoms with Crippen molar-refractivity contribution in [2.24, 2.45) is 0 Å². The largest absolute Gasteiger partial charge is 0.386 e. The van der Waals surface area contributed by atoms with Crippen molar-refractivity contribution >= 4 is 5.91 Å². The Bertz CT molecular complexity index is 595. The molecule has 0 radical (unpaired) electrons. The topological polar surface area (TPSA) is 49.3 Å². The molecule has 0 saturated heterocycles. The van der Waals surface area contributed by atoms with Crippen molar-refractivity contribution in [3.8, 4) is 0 Å². The van der Waals surface area contributed by atoms with Gasteiger partial charge in [-0.1, -0.05) is 42.5 Å². The van der Waals surface area contributed by atoms with E-state index in [1.807, 2.05) is 42.5 Å². The molecule has 2 N–H and O–H groups in total. The highest BCUT2D eigenvalue weighted by atomic mass is 16.3. The fourth-order valence-corrected chi connectivity index (χ4v) is 2.55. The fraction of sp³-hybridized carbons (Fsp3) is 0.188. The molecule has 3 heteroatoms. The molecule has 0 fully saturated rings. The van der Waals surface area contributed by atoms with Gasteiger partial charge in [0.05, 0.1) is 12.1 Å². The molecule has 0 aliphatic heterocycles. The Morgan fingerprint density at radius 3 is 2.47 bits per heavy atom. The summed E-state index contributed by atoms with van der Waals surface area (Å²) in [7, 11) is 0. The number of rotatable bonds is 2. The number of hydrogen-bond acceptors (Lipinski definition) is 2. The summed E-state index contributed by atoms with van der Waals surface area (Å²) in [5.41, 5.74) is 2.64. The number of carbonyl (C=O) groups is 1. The number of hydrogen-bond donors (Lipinski definition) is 2. The Morgan fingerprint density at radius 2 is 1.74 bits per heavy atom. The fourth-order valence-electron chi connectivity index (χ4n) is 2.55. The number of carbonyl (C=O) groups excluding carboxylic acids is 1. The second kappa shape index (κ2) is 4.86. The van der Waals surface area contributed by atoms with Gasteiger partial charge in [0, 0.05) is 5.56 Å². The minimum Gasteiger partial charge on any atom is -0.386 e. The number of amides is 1. The molecule has 96 valence electrons. The molecule has 0 bridgehead atoms. The van der Waals surface area contributed by atoms with Crippen molar-refractivity contribution in [1.29, 1.82) is 0 Å². The van der Waals surface area contributed by atoms with Crippen molar-refractivity contribution < 1.29 is 9.90 Å². The lowest BCUT2D eigenvalue weighted by Gasteiger charge is -2.17. The zero-order valence-electron chi connectivity index (χ0n) is 10.4. The quantitative estimate of drug-likeness (QED) is 0.860. The predicted molar refractivity (Wildman–Crippen MR) is 72.8 cm³/mol. The third-order valence-corrected chi connectivity index (χ3v) is 3.55. The molecule has 0 saturated carbocycles. The highest BCUT2D eigenvalue weighted by Gasteiger charge is 2.31. The first-order valence-corrected chi connectivity index (χ1v) is 6.37. The highest BCUT2D eigenvalue weighted by Crippen LogP contribution is 2.31. The van der Waals surface area contributed by atoms with E-state index in [9.17, 15) is 9.90 Å². The molecule has 19 heavy (non-hydrogen) atoms. The molecule has 0 aromatic heterocycles. The summed E-state index contributed by atoms with van der Waals surface area (Å²) < 4.78 is 0. The van der Waals surface area contributed by atoms with Gasteiger partial charge in [-0.05, 0) is 29.7 Å². The van der Waals surface area contributed by atoms with Gasteiger partial charge < -0.3 is 10.4 Å². The van der Waals surface area contributed by atoms with E-state index in [-0.39, 0.29) is 11.9 Å². The Balaban J connectivity index is 1.75. The van der Waals surface area contributed by atoms with E-state index in [0.29, 0.717) is 12.0 Å². The summed E-state index contributed by atoms with van der Waals surface area (Å²) in [5, 5.41) is 13.1. The first-order valence-electron chi connectivity index (χ1n) is 6.37. The van der Waals surface area contributed by atoms with Crippen molar-refractivity contribution in [1.82, 2.24) is 5.32 Å². The summed E-state index contributed by atoms with van der Waals surface area (Å²) in [5.74, 6) is -0.141. The molecule has 0 heterocycles. The number of aliphatic hydroxyl groups is 1. The zero-order chi connectivity index (χ0) is 13.2. The maximum Gasteiger partial charge on any atom is 0.251 e. The highest BCUT2D eigenvalue weighted by molar-refractivity contribution is 5.94. The van der Waals surface area contributed by atoms with E-state index in [2.05, 4.69) is 5.32 Å². The summed E-state index contributed by atoms with van der Waals surface area (Å²) in [6, 6.07) is 16.6. The summed E-state index contributed by atoms with van der Waals surface area (Å²) in [4.78, 5) is 12.1. The van der Waals surface area contributed by atoms with E-state index >= 15 is 0 Å². The smallest absolute Gasteiger partial charge is 0.251 e. The molecular formula is C16H15NO2. The second-order valence-electron chi connectivity index (χ2n) is 4.79. The monoisotopic (exact) mass is 253 g/mol. The van der Waals surface area contributed by atoms with Crippen LogP contribution in [0.15, 0.2) is 54.6 Å². The predicted octanol–water partition coefficient (Wildman–Crippen LogP) is 2.07. The van der Waals surface area contributed by atoms with Gasteiger partial charge in [-0.2, -0.15) is 0 Å². The SMILES string of the molecule is O=C(N[C@H]1Cc2ccccc2[C@@H]1O)c1ccccc1.